The van der Waals surface area contributed by atoms with Gasteiger partial charge in [-0.25, -0.2) is 9.13 Å². The van der Waals surface area contributed by atoms with E-state index in [2.05, 4.69) is 55.4 Å². The second kappa shape index (κ2) is 69.1. The number of carbonyl (C=O) groups excluding carboxylic acids is 4. The summed E-state index contributed by atoms with van der Waals surface area (Å²) >= 11 is 0. The van der Waals surface area contributed by atoms with E-state index in [0.29, 0.717) is 25.7 Å². The fourth-order valence-corrected chi connectivity index (χ4v) is 13.8. The predicted molar refractivity (Wildman–Crippen MR) is 404 cm³/mol. The van der Waals surface area contributed by atoms with Gasteiger partial charge in [-0.05, 0) is 49.4 Å². The zero-order chi connectivity index (χ0) is 73.1. The quantitative estimate of drug-likeness (QED) is 0.0222. The normalized spacial score (nSPS) is 14.6. The van der Waals surface area contributed by atoms with E-state index in [-0.39, 0.29) is 25.7 Å². The number of carbonyl (C=O) groups is 4. The molecule has 7 atom stereocenters. The highest BCUT2D eigenvalue weighted by Gasteiger charge is 2.30. The Labute approximate surface area is 607 Å². The molecule has 0 fully saturated rings. The van der Waals surface area contributed by atoms with E-state index < -0.39 is 97.5 Å². The first-order chi connectivity index (χ1) is 47.7. The standard InChI is InChI=1S/C80H156O17P2/c1-9-72(7)58-50-42-34-25-19-17-15-13-11-12-14-16-18-20-27-38-46-54-62-79(84)96-75(66-90-77(82)60-52-44-36-29-23-24-32-40-48-56-70(3)4)68-94-98(86,87)92-64-74(81)65-93-99(88,89)95-69-76(67-91-78(83)61-53-45-37-31-30-33-41-49-57-71(5)6)97-80(85)63-55-47-39-28-22-21-26-35-43-51-59-73(8)10-2/h70-76,81H,9-69H2,1-8H3,(H,86,87)(H,88,89)/t72?,73?,74?,75-,76-/m1/s1. The minimum Gasteiger partial charge on any atom is -0.462 e. The average molecular weight is 1450 g/mol. The minimum atomic E-state index is -4.96. The van der Waals surface area contributed by atoms with Gasteiger partial charge in [0, 0.05) is 25.7 Å². The Morgan fingerprint density at radius 2 is 0.485 bits per heavy atom. The number of esters is 4. The number of hydrogen-bond donors (Lipinski definition) is 3. The zero-order valence-electron chi connectivity index (χ0n) is 65.1. The van der Waals surface area contributed by atoms with Crippen molar-refractivity contribution in [3.63, 3.8) is 0 Å². The molecule has 588 valence electrons. The molecule has 0 aliphatic carbocycles. The molecule has 0 radical (unpaired) electrons. The number of aliphatic hydroxyl groups excluding tert-OH is 1. The summed E-state index contributed by atoms with van der Waals surface area (Å²) in [6, 6.07) is 0. The maximum atomic E-state index is 13.1. The van der Waals surface area contributed by atoms with Gasteiger partial charge in [0.25, 0.3) is 0 Å². The van der Waals surface area contributed by atoms with Crippen LogP contribution in [-0.2, 0) is 65.4 Å². The molecule has 19 heteroatoms. The first-order valence-electron chi connectivity index (χ1n) is 41.3. The van der Waals surface area contributed by atoms with Gasteiger partial charge in [-0.2, -0.15) is 0 Å². The van der Waals surface area contributed by atoms with Crippen molar-refractivity contribution >= 4 is 39.5 Å². The third-order valence-corrected chi connectivity index (χ3v) is 21.2. The molecular formula is C80H156O17P2. The van der Waals surface area contributed by atoms with Crippen molar-refractivity contribution in [2.24, 2.45) is 23.7 Å². The summed E-state index contributed by atoms with van der Waals surface area (Å²) < 4.78 is 68.7. The lowest BCUT2D eigenvalue weighted by atomic mass is 9.99. The molecule has 17 nitrogen and oxygen atoms in total. The van der Waals surface area contributed by atoms with Gasteiger partial charge in [0.15, 0.2) is 12.2 Å². The summed E-state index contributed by atoms with van der Waals surface area (Å²) in [7, 11) is -9.92. The number of phosphoric acid groups is 2. The molecule has 0 spiro atoms. The maximum absolute atomic E-state index is 13.1. The molecule has 0 aliphatic rings. The summed E-state index contributed by atoms with van der Waals surface area (Å²) in [6.07, 6.45) is 55.5. The van der Waals surface area contributed by atoms with Gasteiger partial charge in [-0.3, -0.25) is 37.3 Å². The Morgan fingerprint density at radius 3 is 0.717 bits per heavy atom. The van der Waals surface area contributed by atoms with Crippen LogP contribution < -0.4 is 0 Å². The van der Waals surface area contributed by atoms with Crippen molar-refractivity contribution in [1.82, 2.24) is 0 Å². The summed E-state index contributed by atoms with van der Waals surface area (Å²) in [5.41, 5.74) is 0. The lowest BCUT2D eigenvalue weighted by molar-refractivity contribution is -0.161. The average Bonchev–Trinajstić information content (AvgIpc) is 1.30. The van der Waals surface area contributed by atoms with Gasteiger partial charge in [-0.15, -0.1) is 0 Å². The highest BCUT2D eigenvalue weighted by atomic mass is 31.2. The van der Waals surface area contributed by atoms with Crippen molar-refractivity contribution in [3.8, 4) is 0 Å². The summed E-state index contributed by atoms with van der Waals surface area (Å²) in [5, 5.41) is 10.6. The first kappa shape index (κ1) is 97.1. The van der Waals surface area contributed by atoms with Crippen molar-refractivity contribution in [2.45, 2.75) is 427 Å². The molecule has 3 N–H and O–H groups in total. The van der Waals surface area contributed by atoms with Crippen LogP contribution in [0.2, 0.25) is 0 Å². The second-order valence-electron chi connectivity index (χ2n) is 30.2. The molecule has 0 aromatic heterocycles. The Hall–Kier alpha value is -1.94. The van der Waals surface area contributed by atoms with Gasteiger partial charge in [-0.1, -0.05) is 357 Å². The molecule has 0 rings (SSSR count). The fraction of sp³-hybridized carbons (Fsp3) is 0.950. The van der Waals surface area contributed by atoms with E-state index in [1.54, 1.807) is 0 Å². The summed E-state index contributed by atoms with van der Waals surface area (Å²) in [6.45, 7) is 14.3. The van der Waals surface area contributed by atoms with E-state index >= 15 is 0 Å². The Kier molecular flexibility index (Phi) is 67.8. The lowest BCUT2D eigenvalue weighted by Gasteiger charge is -2.21. The van der Waals surface area contributed by atoms with E-state index in [4.69, 9.17) is 37.0 Å². The van der Waals surface area contributed by atoms with Crippen LogP contribution in [0.4, 0.5) is 0 Å². The molecule has 0 bridgehead atoms. The molecule has 0 amide bonds. The number of ether oxygens (including phenoxy) is 4. The van der Waals surface area contributed by atoms with Crippen LogP contribution in [0.3, 0.4) is 0 Å². The smallest absolute Gasteiger partial charge is 0.462 e. The van der Waals surface area contributed by atoms with E-state index in [1.807, 2.05) is 0 Å². The van der Waals surface area contributed by atoms with Crippen LogP contribution in [0.5, 0.6) is 0 Å². The number of rotatable bonds is 77. The second-order valence-corrected chi connectivity index (χ2v) is 33.1. The van der Waals surface area contributed by atoms with Gasteiger partial charge >= 0.3 is 39.5 Å². The van der Waals surface area contributed by atoms with Gasteiger partial charge in [0.2, 0.25) is 0 Å². The molecule has 0 aromatic carbocycles. The lowest BCUT2D eigenvalue weighted by Crippen LogP contribution is -2.30. The third kappa shape index (κ3) is 71.5. The van der Waals surface area contributed by atoms with Crippen LogP contribution in [0, 0.1) is 23.7 Å². The van der Waals surface area contributed by atoms with Crippen LogP contribution in [0.25, 0.3) is 0 Å². The highest BCUT2D eigenvalue weighted by Crippen LogP contribution is 2.45. The van der Waals surface area contributed by atoms with Crippen LogP contribution >= 0.6 is 15.6 Å². The van der Waals surface area contributed by atoms with E-state index in [0.717, 1.165) is 114 Å². The third-order valence-electron chi connectivity index (χ3n) is 19.3. The molecule has 0 aromatic rings. The number of aliphatic hydroxyl groups is 1. The predicted octanol–water partition coefficient (Wildman–Crippen LogP) is 23.6. The van der Waals surface area contributed by atoms with Crippen molar-refractivity contribution in [3.05, 3.63) is 0 Å². The van der Waals surface area contributed by atoms with Crippen molar-refractivity contribution in [2.75, 3.05) is 39.6 Å². The van der Waals surface area contributed by atoms with Crippen molar-refractivity contribution in [1.29, 1.82) is 0 Å². The van der Waals surface area contributed by atoms with E-state index in [9.17, 15) is 43.2 Å². The zero-order valence-corrected chi connectivity index (χ0v) is 66.9. The molecule has 99 heavy (non-hydrogen) atoms. The summed E-state index contributed by atoms with van der Waals surface area (Å²) in [4.78, 5) is 72.9. The first-order valence-corrected chi connectivity index (χ1v) is 44.3. The van der Waals surface area contributed by atoms with Gasteiger partial charge < -0.3 is 33.8 Å². The van der Waals surface area contributed by atoms with Gasteiger partial charge in [0.1, 0.15) is 19.3 Å². The molecule has 5 unspecified atom stereocenters. The Balaban J connectivity index is 5.21. The molecule has 0 aliphatic heterocycles. The van der Waals surface area contributed by atoms with Gasteiger partial charge in [0.05, 0.1) is 26.4 Å². The maximum Gasteiger partial charge on any atom is 0.472 e. The van der Waals surface area contributed by atoms with Crippen LogP contribution in [0.15, 0.2) is 0 Å². The fourth-order valence-electron chi connectivity index (χ4n) is 12.2. The summed E-state index contributed by atoms with van der Waals surface area (Å²) in [5.74, 6) is 1.03. The van der Waals surface area contributed by atoms with Crippen molar-refractivity contribution < 1.29 is 80.2 Å². The van der Waals surface area contributed by atoms with Crippen LogP contribution in [0.1, 0.15) is 409 Å². The number of hydrogen-bond acceptors (Lipinski definition) is 15. The topological polar surface area (TPSA) is 237 Å². The highest BCUT2D eigenvalue weighted by molar-refractivity contribution is 7.47. The molecule has 0 saturated carbocycles. The largest absolute Gasteiger partial charge is 0.472 e. The molecule has 0 saturated heterocycles. The van der Waals surface area contributed by atoms with E-state index in [1.165, 1.54) is 212 Å². The Morgan fingerprint density at radius 1 is 0.283 bits per heavy atom. The Bertz CT molecular complexity index is 1940. The number of unbranched alkanes of at least 4 members (excludes halogenated alkanes) is 41. The van der Waals surface area contributed by atoms with Crippen LogP contribution in [-0.4, -0.2) is 96.7 Å². The number of phosphoric ester groups is 2. The minimum absolute atomic E-state index is 0.105. The SMILES string of the molecule is CCC(C)CCCCCCCCCCCCCCCCCCCCC(=O)O[C@H](COC(=O)CCCCCCCCCCCC(C)C)COP(=O)(O)OCC(O)COP(=O)(O)OC[C@@H](COC(=O)CCCCCCCCCCC(C)C)OC(=O)CCCCCCCCCCCCC(C)CC. The molecule has 0 heterocycles. The monoisotopic (exact) mass is 1450 g/mol. The molecular weight excluding hydrogens is 1290 g/mol.